The van der Waals surface area contributed by atoms with Crippen molar-refractivity contribution in [3.63, 3.8) is 0 Å². The van der Waals surface area contributed by atoms with Crippen LogP contribution >= 0.6 is 0 Å². The zero-order valence-corrected chi connectivity index (χ0v) is 12.2. The number of phenolic OH excluding ortho intramolecular Hbond substituents is 1. The fourth-order valence-electron chi connectivity index (χ4n) is 2.07. The Morgan fingerprint density at radius 3 is 2.78 bits per heavy atom. The van der Waals surface area contributed by atoms with Crippen LogP contribution in [0.3, 0.4) is 0 Å². The van der Waals surface area contributed by atoms with Gasteiger partial charge in [0.25, 0.3) is 10.0 Å². The van der Waals surface area contributed by atoms with Crippen LogP contribution in [-0.2, 0) is 10.0 Å². The zero-order chi connectivity index (χ0) is 16.6. The first kappa shape index (κ1) is 14.8. The second-order valence-electron chi connectivity index (χ2n) is 4.65. The molecule has 0 fully saturated rings. The van der Waals surface area contributed by atoms with E-state index in [4.69, 9.17) is 0 Å². The maximum absolute atomic E-state index is 12.4. The van der Waals surface area contributed by atoms with Crippen LogP contribution < -0.4 is 4.72 Å². The maximum atomic E-state index is 12.4. The number of phenols is 1. The third-order valence-electron chi connectivity index (χ3n) is 3.17. The number of rotatable bonds is 4. The highest BCUT2D eigenvalue weighted by atomic mass is 32.2. The van der Waals surface area contributed by atoms with Crippen LogP contribution in [0.1, 0.15) is 0 Å². The molecule has 0 aliphatic carbocycles. The van der Waals surface area contributed by atoms with Crippen LogP contribution in [0.2, 0.25) is 0 Å². The van der Waals surface area contributed by atoms with Crippen molar-refractivity contribution in [1.29, 1.82) is 0 Å². The molecule has 3 rings (SSSR count). The number of nitro groups is 1. The summed E-state index contributed by atoms with van der Waals surface area (Å²) < 4.78 is 27.2. The van der Waals surface area contributed by atoms with Gasteiger partial charge in [0.15, 0.2) is 5.75 Å². The number of aromatic hydroxyl groups is 1. The lowest BCUT2D eigenvalue weighted by Gasteiger charge is -2.09. The summed E-state index contributed by atoms with van der Waals surface area (Å²) >= 11 is 0. The van der Waals surface area contributed by atoms with Crippen LogP contribution in [0.25, 0.3) is 10.9 Å². The van der Waals surface area contributed by atoms with E-state index in [1.54, 1.807) is 18.3 Å². The fraction of sp³-hybridized carbons (Fsp3) is 0. The minimum Gasteiger partial charge on any atom is -0.502 e. The van der Waals surface area contributed by atoms with E-state index in [1.807, 2.05) is 0 Å². The molecule has 3 N–H and O–H groups in total. The normalized spacial score (nSPS) is 11.5. The largest absolute Gasteiger partial charge is 0.502 e. The molecule has 0 saturated heterocycles. The number of sulfonamides is 1. The molecule has 10 heteroatoms. The highest BCUT2D eigenvalue weighted by molar-refractivity contribution is 7.92. The molecular formula is C13H10N4O5S. The summed E-state index contributed by atoms with van der Waals surface area (Å²) in [6.07, 6.45) is 1.54. The molecule has 0 bridgehead atoms. The van der Waals surface area contributed by atoms with E-state index in [1.165, 1.54) is 6.07 Å². The van der Waals surface area contributed by atoms with Crippen LogP contribution in [0, 0.1) is 10.1 Å². The van der Waals surface area contributed by atoms with Gasteiger partial charge < -0.3 is 5.11 Å². The van der Waals surface area contributed by atoms with E-state index >= 15 is 0 Å². The van der Waals surface area contributed by atoms with E-state index in [0.29, 0.717) is 10.9 Å². The molecule has 9 nitrogen and oxygen atoms in total. The number of aromatic amines is 1. The van der Waals surface area contributed by atoms with Gasteiger partial charge in [0.1, 0.15) is 0 Å². The van der Waals surface area contributed by atoms with E-state index in [-0.39, 0.29) is 10.6 Å². The van der Waals surface area contributed by atoms with Gasteiger partial charge in [-0.3, -0.25) is 19.9 Å². The predicted octanol–water partition coefficient (Wildman–Crippen LogP) is 1.98. The standard InChI is InChI=1S/C13H10N4O5S/c18-12-5-4-9(6-11(12)17(19)20)23(21,22)16-10-3-1-2-8-7-14-15-13(8)10/h1-7,16,18H,(H,14,15). The molecule has 0 atom stereocenters. The third kappa shape index (κ3) is 2.66. The molecule has 0 saturated carbocycles. The number of nitrogens with one attached hydrogen (secondary N) is 2. The van der Waals surface area contributed by atoms with Gasteiger partial charge in [-0.05, 0) is 18.2 Å². The molecule has 0 aliphatic rings. The number of benzene rings is 2. The number of nitrogens with zero attached hydrogens (tertiary/aromatic N) is 2. The number of fused-ring (bicyclic) bond motifs is 1. The fourth-order valence-corrected chi connectivity index (χ4v) is 3.17. The first-order valence-corrected chi connectivity index (χ1v) is 7.79. The number of hydrogen-bond donors (Lipinski definition) is 3. The highest BCUT2D eigenvalue weighted by Crippen LogP contribution is 2.30. The number of para-hydroxylation sites is 1. The van der Waals surface area contributed by atoms with Gasteiger partial charge in [-0.15, -0.1) is 0 Å². The number of aromatic nitrogens is 2. The quantitative estimate of drug-likeness (QED) is 0.492. The van der Waals surface area contributed by atoms with E-state index in [0.717, 1.165) is 18.2 Å². The molecule has 2 aromatic carbocycles. The average molecular weight is 334 g/mol. The Kier molecular flexibility index (Phi) is 3.37. The number of nitro benzene ring substituents is 1. The van der Waals surface area contributed by atoms with Gasteiger partial charge in [0.05, 0.1) is 27.2 Å². The molecule has 118 valence electrons. The Morgan fingerprint density at radius 1 is 1.26 bits per heavy atom. The Morgan fingerprint density at radius 2 is 2.04 bits per heavy atom. The van der Waals surface area contributed by atoms with Crippen molar-refractivity contribution in [1.82, 2.24) is 10.2 Å². The highest BCUT2D eigenvalue weighted by Gasteiger charge is 2.22. The Bertz CT molecular complexity index is 1010. The van der Waals surface area contributed by atoms with Crippen molar-refractivity contribution in [3.05, 3.63) is 52.7 Å². The minimum atomic E-state index is -4.07. The molecule has 1 aromatic heterocycles. The van der Waals surface area contributed by atoms with Gasteiger partial charge in [0.2, 0.25) is 0 Å². The predicted molar refractivity (Wildman–Crippen MR) is 81.7 cm³/mol. The lowest BCUT2D eigenvalue weighted by molar-refractivity contribution is -0.386. The lowest BCUT2D eigenvalue weighted by atomic mass is 10.2. The lowest BCUT2D eigenvalue weighted by Crippen LogP contribution is -2.13. The molecule has 0 aliphatic heterocycles. The molecule has 23 heavy (non-hydrogen) atoms. The Hall–Kier alpha value is -3.14. The SMILES string of the molecule is O=[N+]([O-])c1cc(S(=O)(=O)Nc2cccc3cn[nH]c23)ccc1O. The van der Waals surface area contributed by atoms with Crippen molar-refractivity contribution in [3.8, 4) is 5.75 Å². The maximum Gasteiger partial charge on any atom is 0.312 e. The summed E-state index contributed by atoms with van der Waals surface area (Å²) in [5.74, 6) is -0.607. The van der Waals surface area contributed by atoms with Crippen molar-refractivity contribution < 1.29 is 18.4 Å². The third-order valence-corrected chi connectivity index (χ3v) is 4.54. The molecular weight excluding hydrogens is 324 g/mol. The molecule has 0 unspecified atom stereocenters. The number of anilines is 1. The van der Waals surface area contributed by atoms with Crippen LogP contribution in [0.4, 0.5) is 11.4 Å². The Balaban J connectivity index is 2.04. The van der Waals surface area contributed by atoms with Gasteiger partial charge in [0, 0.05) is 11.5 Å². The molecule has 0 spiro atoms. The summed E-state index contributed by atoms with van der Waals surface area (Å²) in [7, 11) is -4.07. The monoisotopic (exact) mass is 334 g/mol. The van der Waals surface area contributed by atoms with E-state index < -0.39 is 26.4 Å². The molecule has 1 heterocycles. The first-order chi connectivity index (χ1) is 10.9. The first-order valence-electron chi connectivity index (χ1n) is 6.31. The van der Waals surface area contributed by atoms with Crippen LogP contribution in [0.15, 0.2) is 47.5 Å². The summed E-state index contributed by atoms with van der Waals surface area (Å²) in [6, 6.07) is 7.77. The summed E-state index contributed by atoms with van der Waals surface area (Å²) in [5.41, 5.74) is 0.0627. The van der Waals surface area contributed by atoms with Gasteiger partial charge >= 0.3 is 5.69 Å². The summed E-state index contributed by atoms with van der Waals surface area (Å²) in [6.45, 7) is 0. The molecule has 0 amide bonds. The van der Waals surface area contributed by atoms with Crippen molar-refractivity contribution >= 4 is 32.3 Å². The van der Waals surface area contributed by atoms with E-state index in [9.17, 15) is 23.6 Å². The molecule has 0 radical (unpaired) electrons. The van der Waals surface area contributed by atoms with Crippen molar-refractivity contribution in [2.75, 3.05) is 4.72 Å². The number of H-pyrrole nitrogens is 1. The van der Waals surface area contributed by atoms with E-state index in [2.05, 4.69) is 14.9 Å². The minimum absolute atomic E-state index is 0.260. The summed E-state index contributed by atoms with van der Waals surface area (Å²) in [5, 5.41) is 27.4. The average Bonchev–Trinajstić information content (AvgIpc) is 2.96. The van der Waals surface area contributed by atoms with Crippen LogP contribution in [-0.4, -0.2) is 28.6 Å². The van der Waals surface area contributed by atoms with Crippen LogP contribution in [0.5, 0.6) is 5.75 Å². The van der Waals surface area contributed by atoms with Gasteiger partial charge in [-0.1, -0.05) is 12.1 Å². The van der Waals surface area contributed by atoms with Crippen molar-refractivity contribution in [2.45, 2.75) is 4.90 Å². The number of hydrogen-bond acceptors (Lipinski definition) is 6. The topological polar surface area (TPSA) is 138 Å². The second-order valence-corrected chi connectivity index (χ2v) is 6.34. The summed E-state index contributed by atoms with van der Waals surface area (Å²) in [4.78, 5) is 9.62. The van der Waals surface area contributed by atoms with Gasteiger partial charge in [-0.2, -0.15) is 5.10 Å². The van der Waals surface area contributed by atoms with Crippen molar-refractivity contribution in [2.24, 2.45) is 0 Å². The van der Waals surface area contributed by atoms with Gasteiger partial charge in [-0.25, -0.2) is 8.42 Å². The Labute approximate surface area is 129 Å². The molecule has 3 aromatic rings. The smallest absolute Gasteiger partial charge is 0.312 e. The second kappa shape index (κ2) is 5.25. The zero-order valence-electron chi connectivity index (χ0n) is 11.4.